The Balaban J connectivity index is 2.35. The van der Waals surface area contributed by atoms with Crippen molar-refractivity contribution in [2.75, 3.05) is 13.7 Å². The number of aliphatic hydroxyl groups is 1. The number of ketones is 1. The van der Waals surface area contributed by atoms with Crippen LogP contribution in [0.25, 0.3) is 0 Å². The lowest BCUT2D eigenvalue weighted by Gasteiger charge is -2.30. The molecule has 0 spiro atoms. The number of rotatable bonds is 7. The summed E-state index contributed by atoms with van der Waals surface area (Å²) in [5, 5.41) is 24.1. The maximum atomic E-state index is 13.2. The number of benzene rings is 2. The van der Waals surface area contributed by atoms with Gasteiger partial charge in [-0.05, 0) is 37.1 Å². The number of ether oxygens (including phenoxy) is 2. The normalized spacial score (nSPS) is 27.5. The lowest BCUT2D eigenvalue weighted by molar-refractivity contribution is -0.547. The number of nitrogens with zero attached hydrogens (tertiary/aromatic N) is 1. The molecule has 1 saturated carbocycles. The Morgan fingerprint density at radius 3 is 2.42 bits per heavy atom. The molecular formula is C23H25NO7. The Bertz CT molecular complexity index is 992. The molecule has 8 nitrogen and oxygen atoms in total. The zero-order valence-corrected chi connectivity index (χ0v) is 17.6. The van der Waals surface area contributed by atoms with Gasteiger partial charge in [0, 0.05) is 11.3 Å². The molecule has 1 aliphatic rings. The van der Waals surface area contributed by atoms with Crippen LogP contribution in [0.1, 0.15) is 37.3 Å². The number of carbonyl (C=O) groups excluding carboxylic acids is 2. The Kier molecular flexibility index (Phi) is 6.13. The highest BCUT2D eigenvalue weighted by molar-refractivity contribution is 6.04. The average Bonchev–Trinajstić information content (AvgIpc) is 3.06. The van der Waals surface area contributed by atoms with Gasteiger partial charge in [0.15, 0.2) is 5.60 Å². The summed E-state index contributed by atoms with van der Waals surface area (Å²) in [5.41, 5.74) is -3.41. The minimum Gasteiger partial charge on any atom is -0.497 e. The van der Waals surface area contributed by atoms with E-state index in [-0.39, 0.29) is 12.2 Å². The number of hydrogen-bond acceptors (Lipinski definition) is 7. The molecule has 0 heterocycles. The second-order valence-electron chi connectivity index (χ2n) is 7.70. The van der Waals surface area contributed by atoms with E-state index in [0.717, 1.165) is 0 Å². The lowest BCUT2D eigenvalue weighted by atomic mass is 9.70. The minimum absolute atomic E-state index is 0.00834. The number of methoxy groups -OCH3 is 1. The molecule has 2 aromatic carbocycles. The summed E-state index contributed by atoms with van der Waals surface area (Å²) in [5.74, 6) is -2.33. The van der Waals surface area contributed by atoms with Crippen molar-refractivity contribution in [3.63, 3.8) is 0 Å². The first kappa shape index (κ1) is 22.4. The Morgan fingerprint density at radius 1 is 1.19 bits per heavy atom. The van der Waals surface area contributed by atoms with E-state index in [0.29, 0.717) is 11.3 Å². The number of carbonyl (C=O) groups is 2. The average molecular weight is 427 g/mol. The summed E-state index contributed by atoms with van der Waals surface area (Å²) < 4.78 is 10.5. The molecule has 1 N–H and O–H groups in total. The summed E-state index contributed by atoms with van der Waals surface area (Å²) >= 11 is 0. The fourth-order valence-corrected chi connectivity index (χ4v) is 4.73. The van der Waals surface area contributed by atoms with Gasteiger partial charge in [-0.1, -0.05) is 42.5 Å². The predicted molar refractivity (Wildman–Crippen MR) is 111 cm³/mol. The van der Waals surface area contributed by atoms with Gasteiger partial charge in [0.2, 0.25) is 0 Å². The second-order valence-corrected chi connectivity index (χ2v) is 7.70. The van der Waals surface area contributed by atoms with Crippen molar-refractivity contribution in [3.05, 3.63) is 75.8 Å². The molecule has 8 heteroatoms. The highest BCUT2D eigenvalue weighted by Crippen LogP contribution is 2.59. The molecule has 2 aromatic rings. The largest absolute Gasteiger partial charge is 0.497 e. The standard InChI is InChI=1S/C23H25NO7/c1-4-31-21(26)22(15(2)25)14-23(27,17-10-6-5-7-11-17)20(24(28)29)19(22)16-9-8-12-18(13-16)30-3/h5-13,19-20,27H,4,14H2,1-3H3/t19-,20-,22-,23-/m0/s1. The molecule has 31 heavy (non-hydrogen) atoms. The summed E-state index contributed by atoms with van der Waals surface area (Å²) in [4.78, 5) is 38.0. The van der Waals surface area contributed by atoms with Gasteiger partial charge in [-0.25, -0.2) is 0 Å². The molecule has 164 valence electrons. The zero-order valence-electron chi connectivity index (χ0n) is 17.6. The molecule has 0 amide bonds. The second kappa shape index (κ2) is 8.47. The monoisotopic (exact) mass is 427 g/mol. The van der Waals surface area contributed by atoms with Crippen LogP contribution in [0, 0.1) is 15.5 Å². The number of nitro groups is 1. The molecule has 4 atom stereocenters. The molecular weight excluding hydrogens is 402 g/mol. The van der Waals surface area contributed by atoms with E-state index in [1.54, 1.807) is 61.5 Å². The van der Waals surface area contributed by atoms with Crippen molar-refractivity contribution in [2.24, 2.45) is 5.41 Å². The Morgan fingerprint density at radius 2 is 1.87 bits per heavy atom. The van der Waals surface area contributed by atoms with E-state index in [4.69, 9.17) is 9.47 Å². The van der Waals surface area contributed by atoms with Gasteiger partial charge in [0.25, 0.3) is 6.04 Å². The van der Waals surface area contributed by atoms with Crippen LogP contribution in [0.4, 0.5) is 0 Å². The summed E-state index contributed by atoms with van der Waals surface area (Å²) in [6.07, 6.45) is -0.467. The van der Waals surface area contributed by atoms with Gasteiger partial charge in [-0.3, -0.25) is 19.7 Å². The number of esters is 1. The van der Waals surface area contributed by atoms with Crippen molar-refractivity contribution >= 4 is 11.8 Å². The fourth-order valence-electron chi connectivity index (χ4n) is 4.73. The summed E-state index contributed by atoms with van der Waals surface area (Å²) in [7, 11) is 1.45. The maximum Gasteiger partial charge on any atom is 0.320 e. The molecule has 0 aromatic heterocycles. The van der Waals surface area contributed by atoms with Crippen molar-refractivity contribution in [2.45, 2.75) is 37.8 Å². The van der Waals surface area contributed by atoms with Crippen molar-refractivity contribution < 1.29 is 29.1 Å². The zero-order chi connectivity index (χ0) is 22.8. The highest BCUT2D eigenvalue weighted by Gasteiger charge is 2.73. The van der Waals surface area contributed by atoms with Crippen LogP contribution in [0.2, 0.25) is 0 Å². The third kappa shape index (κ3) is 3.57. The van der Waals surface area contributed by atoms with E-state index < -0.39 is 46.1 Å². The third-order valence-corrected chi connectivity index (χ3v) is 6.11. The van der Waals surface area contributed by atoms with Gasteiger partial charge < -0.3 is 14.6 Å². The molecule has 0 radical (unpaired) electrons. The van der Waals surface area contributed by atoms with E-state index >= 15 is 0 Å². The van der Waals surface area contributed by atoms with Gasteiger partial charge in [0.1, 0.15) is 16.9 Å². The van der Waals surface area contributed by atoms with Crippen molar-refractivity contribution in [1.29, 1.82) is 0 Å². The van der Waals surface area contributed by atoms with Crippen LogP contribution in [-0.2, 0) is 19.9 Å². The Hall–Kier alpha value is -3.26. The van der Waals surface area contributed by atoms with Crippen LogP contribution >= 0.6 is 0 Å². The first-order valence-electron chi connectivity index (χ1n) is 9.96. The van der Waals surface area contributed by atoms with Crippen LogP contribution < -0.4 is 4.74 Å². The SMILES string of the molecule is CCOC(=O)[C@]1(C(C)=O)C[C@](O)(c2ccccc2)[C@@H]([N+](=O)[O-])[C@@H]1c1cccc(OC)c1. The van der Waals surface area contributed by atoms with Crippen LogP contribution in [-0.4, -0.2) is 41.5 Å². The van der Waals surface area contributed by atoms with Crippen LogP contribution in [0.3, 0.4) is 0 Å². The highest BCUT2D eigenvalue weighted by atomic mass is 16.6. The molecule has 0 bridgehead atoms. The Labute approximate surface area is 179 Å². The third-order valence-electron chi connectivity index (χ3n) is 6.11. The lowest BCUT2D eigenvalue weighted by Crippen LogP contribution is -2.45. The molecule has 1 aliphatic carbocycles. The van der Waals surface area contributed by atoms with Gasteiger partial charge in [-0.15, -0.1) is 0 Å². The van der Waals surface area contributed by atoms with E-state index in [2.05, 4.69) is 0 Å². The van der Waals surface area contributed by atoms with Gasteiger partial charge >= 0.3 is 5.97 Å². The molecule has 0 unspecified atom stereocenters. The quantitative estimate of drug-likeness (QED) is 0.313. The van der Waals surface area contributed by atoms with E-state index in [1.165, 1.54) is 14.0 Å². The summed E-state index contributed by atoms with van der Waals surface area (Å²) in [6.45, 7) is 2.79. The number of hydrogen-bond donors (Lipinski definition) is 1. The smallest absolute Gasteiger partial charge is 0.320 e. The first-order chi connectivity index (χ1) is 14.7. The topological polar surface area (TPSA) is 116 Å². The first-order valence-corrected chi connectivity index (χ1v) is 9.96. The molecule has 0 saturated heterocycles. The van der Waals surface area contributed by atoms with E-state index in [9.17, 15) is 24.8 Å². The van der Waals surface area contributed by atoms with Gasteiger partial charge in [-0.2, -0.15) is 0 Å². The summed E-state index contributed by atoms with van der Waals surface area (Å²) in [6, 6.07) is 12.9. The molecule has 0 aliphatic heterocycles. The van der Waals surface area contributed by atoms with Gasteiger partial charge in [0.05, 0.1) is 19.6 Å². The maximum absolute atomic E-state index is 13.2. The molecule has 1 fully saturated rings. The van der Waals surface area contributed by atoms with Crippen molar-refractivity contribution in [1.82, 2.24) is 0 Å². The van der Waals surface area contributed by atoms with Crippen molar-refractivity contribution in [3.8, 4) is 5.75 Å². The minimum atomic E-state index is -2.07. The predicted octanol–water partition coefficient (Wildman–Crippen LogP) is 2.85. The van der Waals surface area contributed by atoms with Crippen LogP contribution in [0.15, 0.2) is 54.6 Å². The van der Waals surface area contributed by atoms with Crippen LogP contribution in [0.5, 0.6) is 5.75 Å². The number of Topliss-reactive ketones (excluding diaryl/α,β-unsaturated/α-hetero) is 1. The molecule has 3 rings (SSSR count). The van der Waals surface area contributed by atoms with E-state index in [1.807, 2.05) is 0 Å². The fraction of sp³-hybridized carbons (Fsp3) is 0.391.